The topological polar surface area (TPSA) is 62.2 Å². The number of likely N-dealkylation sites (tertiary alicyclic amines) is 1. The molecule has 1 aliphatic heterocycles. The highest BCUT2D eigenvalue weighted by atomic mass is 16.5. The number of benzene rings is 2. The lowest BCUT2D eigenvalue weighted by Crippen LogP contribution is -2.32. The molecule has 4 rings (SSSR count). The summed E-state index contributed by atoms with van der Waals surface area (Å²) in [6, 6.07) is 9.32. The Morgan fingerprint density at radius 2 is 1.53 bits per heavy atom. The van der Waals surface area contributed by atoms with Crippen LogP contribution in [0.15, 0.2) is 30.3 Å². The smallest absolute Gasteiger partial charge is 0.203 e. The van der Waals surface area contributed by atoms with E-state index in [1.807, 2.05) is 25.1 Å². The maximum absolute atomic E-state index is 13.9. The molecule has 1 fully saturated rings. The first kappa shape index (κ1) is 24.0. The monoisotopic (exact) mass is 466 g/mol. The molecule has 0 N–H and O–H groups in total. The van der Waals surface area contributed by atoms with Crippen LogP contribution in [-0.4, -0.2) is 63.3 Å². The number of nitrogens with zero attached hydrogens (tertiary/aromatic N) is 2. The molecule has 2 aromatic carbocycles. The van der Waals surface area contributed by atoms with Crippen LogP contribution < -0.4 is 18.9 Å². The molecule has 0 aliphatic carbocycles. The van der Waals surface area contributed by atoms with Crippen LogP contribution in [0, 0.1) is 6.92 Å². The van der Waals surface area contributed by atoms with Crippen molar-refractivity contribution < 1.29 is 23.7 Å². The second-order valence-electron chi connectivity index (χ2n) is 8.64. The van der Waals surface area contributed by atoms with Crippen LogP contribution in [-0.2, 0) is 6.54 Å². The van der Waals surface area contributed by atoms with E-state index in [4.69, 9.17) is 18.9 Å². The van der Waals surface area contributed by atoms with E-state index in [0.717, 1.165) is 48.5 Å². The summed E-state index contributed by atoms with van der Waals surface area (Å²) < 4.78 is 24.1. The highest BCUT2D eigenvalue weighted by molar-refractivity contribution is 6.18. The van der Waals surface area contributed by atoms with E-state index < -0.39 is 0 Å². The lowest BCUT2D eigenvalue weighted by atomic mass is 9.99. The molecule has 182 valence electrons. The Balaban J connectivity index is 1.79. The molecule has 0 bridgehead atoms. The van der Waals surface area contributed by atoms with E-state index >= 15 is 0 Å². The number of aromatic nitrogens is 1. The van der Waals surface area contributed by atoms with Crippen molar-refractivity contribution in [3.63, 3.8) is 0 Å². The summed E-state index contributed by atoms with van der Waals surface area (Å²) in [5.74, 6) is 2.07. The fraction of sp³-hybridized carbons (Fsp3) is 0.444. The molecule has 3 aromatic rings. The summed E-state index contributed by atoms with van der Waals surface area (Å²) in [6.45, 7) is 6.07. The minimum absolute atomic E-state index is 0.0800. The maximum Gasteiger partial charge on any atom is 0.203 e. The first-order valence-corrected chi connectivity index (χ1v) is 11.8. The van der Waals surface area contributed by atoms with Gasteiger partial charge < -0.3 is 28.4 Å². The molecule has 1 aliphatic rings. The minimum Gasteiger partial charge on any atom is -0.497 e. The number of hydrogen-bond donors (Lipinski definition) is 0. The average Bonchev–Trinajstić information content (AvgIpc) is 3.16. The van der Waals surface area contributed by atoms with Crippen molar-refractivity contribution in [3.05, 3.63) is 47.2 Å². The van der Waals surface area contributed by atoms with Gasteiger partial charge in [0.15, 0.2) is 17.3 Å². The molecular weight excluding hydrogens is 432 g/mol. The second kappa shape index (κ2) is 10.4. The van der Waals surface area contributed by atoms with E-state index in [1.54, 1.807) is 40.6 Å². The van der Waals surface area contributed by atoms with Crippen LogP contribution in [0.5, 0.6) is 23.0 Å². The molecule has 0 spiro atoms. The van der Waals surface area contributed by atoms with Crippen molar-refractivity contribution in [3.8, 4) is 23.0 Å². The first-order valence-electron chi connectivity index (χ1n) is 11.8. The van der Waals surface area contributed by atoms with E-state index in [9.17, 15) is 4.79 Å². The van der Waals surface area contributed by atoms with Crippen LogP contribution >= 0.6 is 0 Å². The third kappa shape index (κ3) is 4.44. The Morgan fingerprint density at radius 1 is 0.853 bits per heavy atom. The first-order chi connectivity index (χ1) is 16.5. The SMILES string of the molecule is COc1ccc2c(C(=O)c3cc(OC)c(OC)c(OC)c3)c(C)n(CCN3CCCCC3)c2c1. The van der Waals surface area contributed by atoms with Gasteiger partial charge in [-0.15, -0.1) is 0 Å². The van der Waals surface area contributed by atoms with Crippen molar-refractivity contribution in [2.45, 2.75) is 32.7 Å². The number of piperidine rings is 1. The van der Waals surface area contributed by atoms with E-state index in [1.165, 1.54) is 19.3 Å². The van der Waals surface area contributed by atoms with Gasteiger partial charge in [-0.3, -0.25) is 4.79 Å². The zero-order valence-corrected chi connectivity index (χ0v) is 20.8. The van der Waals surface area contributed by atoms with E-state index in [-0.39, 0.29) is 5.78 Å². The van der Waals surface area contributed by atoms with Gasteiger partial charge in [-0.1, -0.05) is 6.42 Å². The number of ketones is 1. The van der Waals surface area contributed by atoms with E-state index in [0.29, 0.717) is 28.4 Å². The van der Waals surface area contributed by atoms with Gasteiger partial charge in [-0.2, -0.15) is 0 Å². The standard InChI is InChI=1S/C27H34N2O5/c1-18-25(26(30)19-15-23(32-3)27(34-5)24(16-19)33-4)21-10-9-20(31-2)17-22(21)29(18)14-13-28-11-7-6-8-12-28/h9-10,15-17H,6-8,11-14H2,1-5H3. The Morgan fingerprint density at radius 3 is 2.12 bits per heavy atom. The molecule has 1 saturated heterocycles. The molecule has 1 aromatic heterocycles. The molecule has 0 atom stereocenters. The summed E-state index contributed by atoms with van der Waals surface area (Å²) in [4.78, 5) is 16.4. The highest BCUT2D eigenvalue weighted by Crippen LogP contribution is 2.40. The number of ether oxygens (including phenoxy) is 4. The number of carbonyl (C=O) groups excluding carboxylic acids is 1. The van der Waals surface area contributed by atoms with Gasteiger partial charge in [0.2, 0.25) is 5.75 Å². The zero-order valence-electron chi connectivity index (χ0n) is 20.8. The molecule has 0 unspecified atom stereocenters. The predicted octanol–water partition coefficient (Wildman–Crippen LogP) is 4.70. The van der Waals surface area contributed by atoms with Crippen molar-refractivity contribution in [1.82, 2.24) is 9.47 Å². The fourth-order valence-electron chi connectivity index (χ4n) is 4.94. The van der Waals surface area contributed by atoms with Gasteiger partial charge in [-0.05, 0) is 57.1 Å². The van der Waals surface area contributed by atoms with Crippen molar-refractivity contribution in [2.24, 2.45) is 0 Å². The van der Waals surface area contributed by atoms with Crippen molar-refractivity contribution >= 4 is 16.7 Å². The van der Waals surface area contributed by atoms with Gasteiger partial charge in [-0.25, -0.2) is 0 Å². The van der Waals surface area contributed by atoms with Gasteiger partial charge in [0.1, 0.15) is 5.75 Å². The third-order valence-corrected chi connectivity index (χ3v) is 6.77. The summed E-state index contributed by atoms with van der Waals surface area (Å²) >= 11 is 0. The van der Waals surface area contributed by atoms with Gasteiger partial charge in [0.05, 0.1) is 39.5 Å². The fourth-order valence-corrected chi connectivity index (χ4v) is 4.94. The maximum atomic E-state index is 13.9. The number of methoxy groups -OCH3 is 4. The molecule has 7 nitrogen and oxygen atoms in total. The number of carbonyl (C=O) groups is 1. The normalized spacial score (nSPS) is 14.3. The molecule has 7 heteroatoms. The minimum atomic E-state index is -0.0800. The summed E-state index contributed by atoms with van der Waals surface area (Å²) in [6.07, 6.45) is 3.82. The second-order valence-corrected chi connectivity index (χ2v) is 8.64. The van der Waals surface area contributed by atoms with Gasteiger partial charge in [0, 0.05) is 35.8 Å². The summed E-state index contributed by atoms with van der Waals surface area (Å²) in [5, 5.41) is 0.913. The lowest BCUT2D eigenvalue weighted by molar-refractivity contribution is 0.103. The Labute approximate surface area is 201 Å². The van der Waals surface area contributed by atoms with Crippen LogP contribution in [0.1, 0.15) is 40.9 Å². The Bertz CT molecular complexity index is 1150. The molecule has 0 amide bonds. The van der Waals surface area contributed by atoms with Gasteiger partial charge in [0.25, 0.3) is 0 Å². The average molecular weight is 467 g/mol. The van der Waals surface area contributed by atoms with Crippen LogP contribution in [0.3, 0.4) is 0 Å². The molecule has 34 heavy (non-hydrogen) atoms. The van der Waals surface area contributed by atoms with Crippen molar-refractivity contribution in [2.75, 3.05) is 48.1 Å². The number of fused-ring (bicyclic) bond motifs is 1. The molecule has 0 radical (unpaired) electrons. The van der Waals surface area contributed by atoms with Gasteiger partial charge >= 0.3 is 0 Å². The van der Waals surface area contributed by atoms with E-state index in [2.05, 4.69) is 9.47 Å². The highest BCUT2D eigenvalue weighted by Gasteiger charge is 2.25. The quantitative estimate of drug-likeness (QED) is 0.426. The van der Waals surface area contributed by atoms with Crippen LogP contribution in [0.4, 0.5) is 0 Å². The van der Waals surface area contributed by atoms with Crippen LogP contribution in [0.25, 0.3) is 10.9 Å². The summed E-state index contributed by atoms with van der Waals surface area (Å²) in [7, 11) is 6.32. The lowest BCUT2D eigenvalue weighted by Gasteiger charge is -2.27. The number of rotatable bonds is 9. The van der Waals surface area contributed by atoms with Crippen LogP contribution in [0.2, 0.25) is 0 Å². The van der Waals surface area contributed by atoms with Crippen molar-refractivity contribution in [1.29, 1.82) is 0 Å². The predicted molar refractivity (Wildman–Crippen MR) is 133 cm³/mol. The largest absolute Gasteiger partial charge is 0.497 e. The third-order valence-electron chi connectivity index (χ3n) is 6.77. The number of hydrogen-bond acceptors (Lipinski definition) is 6. The zero-order chi connectivity index (χ0) is 24.2. The molecular formula is C27H34N2O5. The Kier molecular flexibility index (Phi) is 7.32. The summed E-state index contributed by atoms with van der Waals surface area (Å²) in [5.41, 5.74) is 3.12. The Hall–Kier alpha value is -3.19. The molecule has 0 saturated carbocycles. The molecule has 2 heterocycles.